The predicted molar refractivity (Wildman–Crippen MR) is 123 cm³/mol. The molecule has 180 valence electrons. The number of alkyl halides is 3. The van der Waals surface area contributed by atoms with Crippen LogP contribution < -0.4 is 20.3 Å². The van der Waals surface area contributed by atoms with Gasteiger partial charge in [-0.3, -0.25) is 14.6 Å². The Hall–Kier alpha value is -3.83. The molecule has 0 radical (unpaired) electrons. The monoisotopic (exact) mass is 501 g/mol. The molecule has 0 unspecified atom stereocenters. The van der Waals surface area contributed by atoms with Crippen molar-refractivity contribution in [3.8, 4) is 16.9 Å². The largest absolute Gasteiger partial charge is 0.487 e. The summed E-state index contributed by atoms with van der Waals surface area (Å²) in [5.41, 5.74) is -1.00. The van der Waals surface area contributed by atoms with Gasteiger partial charge in [-0.05, 0) is 36.4 Å². The Labute approximate surface area is 202 Å². The lowest BCUT2D eigenvalue weighted by atomic mass is 10.0. The Bertz CT molecular complexity index is 1310. The second-order valence-electron chi connectivity index (χ2n) is 8.08. The summed E-state index contributed by atoms with van der Waals surface area (Å²) in [5.74, 6) is -0.328. The third kappa shape index (κ3) is 4.86. The van der Waals surface area contributed by atoms with Gasteiger partial charge in [0.05, 0.1) is 29.5 Å². The zero-order chi connectivity index (χ0) is 24.7. The number of aliphatic hydroxyl groups excluding tert-OH is 1. The van der Waals surface area contributed by atoms with Crippen molar-refractivity contribution in [2.75, 3.05) is 23.3 Å². The first-order valence-electron chi connectivity index (χ1n) is 10.5. The fourth-order valence-corrected chi connectivity index (χ4v) is 3.94. The number of nitrogens with zero attached hydrogens (tertiary/aromatic N) is 3. The van der Waals surface area contributed by atoms with Gasteiger partial charge >= 0.3 is 5.57 Å². The molecule has 0 aliphatic carbocycles. The molecule has 3 N–H and O–H groups in total. The van der Waals surface area contributed by atoms with Gasteiger partial charge in [0.1, 0.15) is 11.6 Å². The van der Waals surface area contributed by atoms with Crippen molar-refractivity contribution in [1.29, 1.82) is 0 Å². The highest BCUT2D eigenvalue weighted by atomic mass is 35.5. The van der Waals surface area contributed by atoms with Crippen molar-refractivity contribution in [3.63, 3.8) is 0 Å². The molecule has 1 fully saturated rings. The lowest BCUT2D eigenvalue weighted by molar-refractivity contribution is -0.0964. The van der Waals surface area contributed by atoms with Crippen LogP contribution in [0, 0.1) is 0 Å². The zero-order valence-corrected chi connectivity index (χ0v) is 18.7. The van der Waals surface area contributed by atoms with E-state index in [9.17, 15) is 23.5 Å². The highest BCUT2D eigenvalue weighted by Gasteiger charge is 2.30. The standard InChI is InChI=1S/C23H18ClF2N5O4/c24-23(25,26)35-16-3-1-14(2-4-16)30-21(33)13-6-17(20(28-8-13)31-10-15(32)11-31)12-5-18-19(27-7-12)9-29-22(18)34/h1-8,15,32H,9-11H2,(H,29,34)(H,30,33). The lowest BCUT2D eigenvalue weighted by Crippen LogP contribution is -2.51. The molecule has 0 bridgehead atoms. The van der Waals surface area contributed by atoms with Gasteiger partial charge in [0, 0.05) is 53.9 Å². The van der Waals surface area contributed by atoms with Crippen molar-refractivity contribution < 1.29 is 28.2 Å². The number of β-amino-alcohol motifs (C(OH)–C–C–N with tert-alkyl or cyclic N) is 1. The normalized spacial score (nSPS) is 15.3. The second-order valence-corrected chi connectivity index (χ2v) is 8.52. The van der Waals surface area contributed by atoms with Crippen LogP contribution in [0.2, 0.25) is 0 Å². The van der Waals surface area contributed by atoms with E-state index < -0.39 is 17.6 Å². The first kappa shape index (κ1) is 22.9. The predicted octanol–water partition coefficient (Wildman–Crippen LogP) is 2.99. The van der Waals surface area contributed by atoms with Gasteiger partial charge in [0.25, 0.3) is 11.8 Å². The third-order valence-corrected chi connectivity index (χ3v) is 5.66. The molecule has 3 aromatic rings. The Kier molecular flexibility index (Phi) is 5.73. The van der Waals surface area contributed by atoms with Crippen LogP contribution in [0.25, 0.3) is 11.1 Å². The summed E-state index contributed by atoms with van der Waals surface area (Å²) >= 11 is 4.76. The Morgan fingerprint density at radius 3 is 2.60 bits per heavy atom. The molecule has 1 aromatic carbocycles. The minimum absolute atomic E-state index is 0.166. The van der Waals surface area contributed by atoms with Crippen LogP contribution in [-0.2, 0) is 6.54 Å². The molecule has 0 spiro atoms. The highest BCUT2D eigenvalue weighted by molar-refractivity contribution is 6.20. The van der Waals surface area contributed by atoms with Crippen molar-refractivity contribution >= 4 is 34.9 Å². The molecule has 12 heteroatoms. The number of hydrogen-bond donors (Lipinski definition) is 3. The molecular formula is C23H18ClF2N5O4. The summed E-state index contributed by atoms with van der Waals surface area (Å²) in [6.07, 6.45) is 2.54. The van der Waals surface area contributed by atoms with Crippen LogP contribution in [0.4, 0.5) is 20.3 Å². The topological polar surface area (TPSA) is 117 Å². The first-order chi connectivity index (χ1) is 16.7. The van der Waals surface area contributed by atoms with Gasteiger partial charge in [0.2, 0.25) is 0 Å². The molecule has 9 nitrogen and oxygen atoms in total. The van der Waals surface area contributed by atoms with Gasteiger partial charge in [-0.1, -0.05) is 0 Å². The number of aromatic nitrogens is 2. The van der Waals surface area contributed by atoms with Gasteiger partial charge in [-0.25, -0.2) is 4.98 Å². The summed E-state index contributed by atoms with van der Waals surface area (Å²) in [7, 11) is 0. The average Bonchev–Trinajstić information content (AvgIpc) is 3.17. The van der Waals surface area contributed by atoms with E-state index in [0.29, 0.717) is 53.5 Å². The number of carbonyl (C=O) groups is 2. The van der Waals surface area contributed by atoms with Gasteiger partial charge in [0.15, 0.2) is 0 Å². The van der Waals surface area contributed by atoms with Gasteiger partial charge in [-0.15, -0.1) is 8.78 Å². The Morgan fingerprint density at radius 2 is 1.91 bits per heavy atom. The van der Waals surface area contributed by atoms with Crippen LogP contribution >= 0.6 is 11.6 Å². The molecule has 2 aliphatic rings. The van der Waals surface area contributed by atoms with E-state index in [1.807, 2.05) is 4.90 Å². The number of benzene rings is 1. The van der Waals surface area contributed by atoms with E-state index in [0.717, 1.165) is 0 Å². The Balaban J connectivity index is 1.43. The van der Waals surface area contributed by atoms with E-state index >= 15 is 0 Å². The molecule has 2 aromatic heterocycles. The number of nitrogens with one attached hydrogen (secondary N) is 2. The summed E-state index contributed by atoms with van der Waals surface area (Å²) < 4.78 is 29.8. The van der Waals surface area contributed by atoms with Crippen LogP contribution in [0.15, 0.2) is 48.8 Å². The number of rotatable bonds is 6. The number of anilines is 2. The van der Waals surface area contributed by atoms with Crippen LogP contribution in [0.5, 0.6) is 5.75 Å². The number of aliphatic hydroxyl groups is 1. The number of pyridine rings is 2. The van der Waals surface area contributed by atoms with Crippen molar-refractivity contribution in [3.05, 3.63) is 65.6 Å². The number of ether oxygens (including phenoxy) is 1. The second kappa shape index (κ2) is 8.75. The number of carbonyl (C=O) groups excluding carboxylic acids is 2. The fraction of sp³-hybridized carbons (Fsp3) is 0.217. The van der Waals surface area contributed by atoms with Crippen LogP contribution in [0.3, 0.4) is 0 Å². The van der Waals surface area contributed by atoms with E-state index in [2.05, 4.69) is 25.3 Å². The molecule has 0 atom stereocenters. The van der Waals surface area contributed by atoms with Crippen LogP contribution in [0.1, 0.15) is 26.4 Å². The number of fused-ring (bicyclic) bond motifs is 1. The summed E-state index contributed by atoms with van der Waals surface area (Å²) in [5, 5.41) is 15.1. The van der Waals surface area contributed by atoms with Crippen molar-refractivity contribution in [2.24, 2.45) is 0 Å². The maximum Gasteiger partial charge on any atom is 0.487 e. The summed E-state index contributed by atoms with van der Waals surface area (Å²) in [6.45, 7) is 1.13. The van der Waals surface area contributed by atoms with Gasteiger partial charge in [-0.2, -0.15) is 0 Å². The maximum absolute atomic E-state index is 12.9. The first-order valence-corrected chi connectivity index (χ1v) is 10.9. The number of hydrogen-bond acceptors (Lipinski definition) is 7. The quantitative estimate of drug-likeness (QED) is 0.445. The highest BCUT2D eigenvalue weighted by Crippen LogP contribution is 2.34. The minimum atomic E-state index is -3.84. The number of halogens is 3. The Morgan fingerprint density at radius 1 is 1.17 bits per heavy atom. The molecular weight excluding hydrogens is 484 g/mol. The molecule has 0 saturated carbocycles. The summed E-state index contributed by atoms with van der Waals surface area (Å²) in [4.78, 5) is 35.7. The smallest absolute Gasteiger partial charge is 0.420 e. The van der Waals surface area contributed by atoms with Crippen molar-refractivity contribution in [2.45, 2.75) is 18.2 Å². The maximum atomic E-state index is 12.9. The van der Waals surface area contributed by atoms with Gasteiger partial charge < -0.3 is 25.4 Å². The SMILES string of the molecule is O=C(Nc1ccc(OC(F)(F)Cl)cc1)c1cnc(N2CC(O)C2)c(-c2cnc3c(c2)C(=O)NC3)c1. The lowest BCUT2D eigenvalue weighted by Gasteiger charge is -2.38. The van der Waals surface area contributed by atoms with E-state index in [4.69, 9.17) is 11.6 Å². The molecule has 1 saturated heterocycles. The van der Waals surface area contributed by atoms with Crippen molar-refractivity contribution in [1.82, 2.24) is 15.3 Å². The third-order valence-electron chi connectivity index (χ3n) is 5.58. The van der Waals surface area contributed by atoms with E-state index in [1.165, 1.54) is 30.5 Å². The molecule has 2 amide bonds. The molecule has 4 heterocycles. The van der Waals surface area contributed by atoms with E-state index in [-0.39, 0.29) is 17.2 Å². The van der Waals surface area contributed by atoms with E-state index in [1.54, 1.807) is 18.3 Å². The molecule has 2 aliphatic heterocycles. The molecule has 35 heavy (non-hydrogen) atoms. The number of amides is 2. The molecule has 5 rings (SSSR count). The zero-order valence-electron chi connectivity index (χ0n) is 18.0. The average molecular weight is 502 g/mol. The minimum Gasteiger partial charge on any atom is -0.420 e. The van der Waals surface area contributed by atoms with Crippen LogP contribution in [-0.4, -0.2) is 51.7 Å². The fourth-order valence-electron chi connectivity index (χ4n) is 3.85. The summed E-state index contributed by atoms with van der Waals surface area (Å²) in [6, 6.07) is 8.61.